The molecule has 0 unspecified atom stereocenters. The van der Waals surface area contributed by atoms with E-state index in [9.17, 15) is 19.8 Å². The zero-order chi connectivity index (χ0) is 21.0. The Morgan fingerprint density at radius 2 is 2.00 bits per heavy atom. The number of ketones is 1. The highest BCUT2D eigenvalue weighted by atomic mass is 16.6. The van der Waals surface area contributed by atoms with Crippen LogP contribution in [0, 0.1) is 11.3 Å². The molecule has 0 aromatic heterocycles. The molecule has 0 saturated carbocycles. The number of aliphatic hydroxyl groups is 1. The van der Waals surface area contributed by atoms with Gasteiger partial charge in [0.15, 0.2) is 5.60 Å². The first-order valence-corrected chi connectivity index (χ1v) is 10.1. The number of Topliss-reactive ketones (excluding diaryl/α,β-unsaturated/α-hetero) is 1. The number of esters is 1. The van der Waals surface area contributed by atoms with Crippen LogP contribution in [0.4, 0.5) is 0 Å². The maximum Gasteiger partial charge on any atom is 0.306 e. The van der Waals surface area contributed by atoms with Gasteiger partial charge in [0.2, 0.25) is 5.78 Å². The highest BCUT2D eigenvalue weighted by Gasteiger charge is 2.64. The number of fused-ring (bicyclic) bond motifs is 5. The smallest absolute Gasteiger partial charge is 0.306 e. The van der Waals surface area contributed by atoms with Crippen LogP contribution in [0.2, 0.25) is 0 Å². The number of aromatic hydroxyl groups is 1. The maximum atomic E-state index is 13.0. The number of rotatable bonds is 4. The van der Waals surface area contributed by atoms with E-state index in [1.165, 1.54) is 5.56 Å². The standard InChI is InChI=1S/C24H26O5/c1-4-22(28)29-24(21(27)13-25)14(2)11-20-19-7-5-15-12-16(26)6-8-17(15)18(19)9-10-23(20,24)3/h5-8,11-12,14,25-26H,4,9-10,13H2,1-3H3/t14-,23+,24-/m1/s1. The topological polar surface area (TPSA) is 83.8 Å². The van der Waals surface area contributed by atoms with Crippen molar-refractivity contribution in [2.75, 3.05) is 6.61 Å². The van der Waals surface area contributed by atoms with E-state index in [0.29, 0.717) is 12.8 Å². The van der Waals surface area contributed by atoms with Crippen molar-refractivity contribution < 1.29 is 24.5 Å². The van der Waals surface area contributed by atoms with Gasteiger partial charge in [-0.3, -0.25) is 9.59 Å². The zero-order valence-corrected chi connectivity index (χ0v) is 17.0. The molecule has 0 bridgehead atoms. The van der Waals surface area contributed by atoms with Crippen LogP contribution in [-0.2, 0) is 20.7 Å². The average molecular weight is 394 g/mol. The van der Waals surface area contributed by atoms with E-state index < -0.39 is 29.4 Å². The van der Waals surface area contributed by atoms with Crippen LogP contribution in [0.1, 0.15) is 44.7 Å². The molecule has 2 aliphatic carbocycles. The van der Waals surface area contributed by atoms with Crippen LogP contribution < -0.4 is 0 Å². The van der Waals surface area contributed by atoms with E-state index in [-0.39, 0.29) is 18.1 Å². The number of aliphatic hydroxyl groups excluding tert-OH is 1. The molecule has 0 heterocycles. The highest BCUT2D eigenvalue weighted by Crippen LogP contribution is 2.61. The first kappa shape index (κ1) is 19.6. The molecule has 2 aromatic carbocycles. The van der Waals surface area contributed by atoms with E-state index in [0.717, 1.165) is 21.9 Å². The molecule has 2 N–H and O–H groups in total. The van der Waals surface area contributed by atoms with E-state index in [2.05, 4.69) is 0 Å². The number of carbonyl (C=O) groups is 2. The quantitative estimate of drug-likeness (QED) is 0.771. The minimum absolute atomic E-state index is 0.170. The van der Waals surface area contributed by atoms with Crippen molar-refractivity contribution >= 4 is 28.1 Å². The summed E-state index contributed by atoms with van der Waals surface area (Å²) in [5.41, 5.74) is 1.10. The summed E-state index contributed by atoms with van der Waals surface area (Å²) in [5.74, 6) is -1.01. The molecule has 0 saturated heterocycles. The predicted molar refractivity (Wildman–Crippen MR) is 110 cm³/mol. The Balaban J connectivity index is 1.91. The summed E-state index contributed by atoms with van der Waals surface area (Å²) in [7, 11) is 0. The summed E-state index contributed by atoms with van der Waals surface area (Å²) in [6.07, 6.45) is 3.53. The first-order chi connectivity index (χ1) is 13.8. The van der Waals surface area contributed by atoms with Crippen molar-refractivity contribution in [3.8, 4) is 5.75 Å². The molecule has 3 atom stereocenters. The molecule has 0 amide bonds. The Hall–Kier alpha value is -2.66. The molecular weight excluding hydrogens is 368 g/mol. The molecule has 0 spiro atoms. The third kappa shape index (κ3) is 2.57. The van der Waals surface area contributed by atoms with Gasteiger partial charge < -0.3 is 14.9 Å². The first-order valence-electron chi connectivity index (χ1n) is 10.1. The summed E-state index contributed by atoms with van der Waals surface area (Å²) >= 11 is 0. The van der Waals surface area contributed by atoms with Crippen LogP contribution in [0.3, 0.4) is 0 Å². The Morgan fingerprint density at radius 3 is 2.69 bits per heavy atom. The van der Waals surface area contributed by atoms with Gasteiger partial charge in [0, 0.05) is 17.8 Å². The van der Waals surface area contributed by atoms with Crippen LogP contribution >= 0.6 is 0 Å². The minimum atomic E-state index is -1.40. The number of aryl methyl sites for hydroxylation is 1. The van der Waals surface area contributed by atoms with E-state index in [1.54, 1.807) is 19.1 Å². The lowest BCUT2D eigenvalue weighted by Crippen LogP contribution is -2.58. The normalized spacial score (nSPS) is 27.9. The van der Waals surface area contributed by atoms with Crippen LogP contribution in [0.15, 0.2) is 36.4 Å². The average Bonchev–Trinajstić information content (AvgIpc) is 2.94. The van der Waals surface area contributed by atoms with Gasteiger partial charge in [0.05, 0.1) is 0 Å². The van der Waals surface area contributed by atoms with Crippen molar-refractivity contribution in [3.05, 3.63) is 47.5 Å². The van der Waals surface area contributed by atoms with Crippen molar-refractivity contribution in [2.45, 2.75) is 45.6 Å². The second-order valence-corrected chi connectivity index (χ2v) is 8.34. The lowest BCUT2D eigenvalue weighted by molar-refractivity contribution is -0.184. The van der Waals surface area contributed by atoms with E-state index >= 15 is 0 Å². The fraction of sp³-hybridized carbons (Fsp3) is 0.417. The van der Waals surface area contributed by atoms with Crippen molar-refractivity contribution in [1.82, 2.24) is 0 Å². The number of benzene rings is 2. The third-order valence-electron chi connectivity index (χ3n) is 6.87. The minimum Gasteiger partial charge on any atom is -0.508 e. The van der Waals surface area contributed by atoms with Gasteiger partial charge in [-0.2, -0.15) is 0 Å². The summed E-state index contributed by atoms with van der Waals surface area (Å²) in [5, 5.41) is 21.6. The Kier molecular flexibility index (Phi) is 4.54. The van der Waals surface area contributed by atoms with Crippen molar-refractivity contribution in [2.24, 2.45) is 11.3 Å². The van der Waals surface area contributed by atoms with Gasteiger partial charge in [-0.25, -0.2) is 0 Å². The monoisotopic (exact) mass is 394 g/mol. The highest BCUT2D eigenvalue weighted by molar-refractivity contribution is 6.00. The Labute approximate surface area is 170 Å². The molecule has 0 radical (unpaired) electrons. The van der Waals surface area contributed by atoms with Gasteiger partial charge in [0.25, 0.3) is 0 Å². The second kappa shape index (κ2) is 6.70. The second-order valence-electron chi connectivity index (χ2n) is 8.34. The van der Waals surface area contributed by atoms with Crippen molar-refractivity contribution in [3.63, 3.8) is 0 Å². The molecule has 29 heavy (non-hydrogen) atoms. The largest absolute Gasteiger partial charge is 0.508 e. The number of phenolic OH excluding ortho intramolecular Hbond substituents is 1. The molecule has 5 heteroatoms. The van der Waals surface area contributed by atoms with Crippen LogP contribution in [0.25, 0.3) is 16.3 Å². The predicted octanol–water partition coefficient (Wildman–Crippen LogP) is 3.78. The van der Waals surface area contributed by atoms with Crippen molar-refractivity contribution in [1.29, 1.82) is 0 Å². The van der Waals surface area contributed by atoms with Gasteiger partial charge in [-0.1, -0.05) is 45.0 Å². The van der Waals surface area contributed by atoms with E-state index in [1.807, 2.05) is 38.1 Å². The number of carbonyl (C=O) groups excluding carboxylic acids is 2. The fourth-order valence-electron chi connectivity index (χ4n) is 5.43. The molecule has 0 aliphatic heterocycles. The number of ether oxygens (including phenoxy) is 1. The summed E-state index contributed by atoms with van der Waals surface area (Å²) in [4.78, 5) is 25.3. The lowest BCUT2D eigenvalue weighted by Gasteiger charge is -2.48. The number of hydrogen-bond acceptors (Lipinski definition) is 5. The van der Waals surface area contributed by atoms with Crippen LogP contribution in [0.5, 0.6) is 5.75 Å². The summed E-state index contributed by atoms with van der Waals surface area (Å²) in [6, 6.07) is 9.35. The molecular formula is C24H26O5. The maximum absolute atomic E-state index is 13.0. The van der Waals surface area contributed by atoms with Gasteiger partial charge in [-0.15, -0.1) is 0 Å². The zero-order valence-electron chi connectivity index (χ0n) is 17.0. The van der Waals surface area contributed by atoms with Crippen LogP contribution in [-0.4, -0.2) is 34.2 Å². The Bertz CT molecular complexity index is 1050. The Morgan fingerprint density at radius 1 is 1.24 bits per heavy atom. The molecule has 0 fully saturated rings. The SMILES string of the molecule is CCC(=O)O[C@@]1(C(=O)CO)[C@H](C)C=C2c3ccc4cc(O)ccc4c3CC[C@@]21C. The molecule has 2 aliphatic rings. The molecule has 2 aromatic rings. The van der Waals surface area contributed by atoms with Gasteiger partial charge >= 0.3 is 5.97 Å². The number of hydrogen-bond donors (Lipinski definition) is 2. The van der Waals surface area contributed by atoms with E-state index in [4.69, 9.17) is 4.74 Å². The molecule has 152 valence electrons. The van der Waals surface area contributed by atoms with Gasteiger partial charge in [-0.05, 0) is 52.4 Å². The van der Waals surface area contributed by atoms with Gasteiger partial charge in [0.1, 0.15) is 12.4 Å². The number of phenols is 1. The summed E-state index contributed by atoms with van der Waals surface area (Å²) < 4.78 is 5.87. The summed E-state index contributed by atoms with van der Waals surface area (Å²) in [6.45, 7) is 4.89. The fourth-order valence-corrected chi connectivity index (χ4v) is 5.43. The molecule has 5 nitrogen and oxygen atoms in total. The molecule has 4 rings (SSSR count). The third-order valence-corrected chi connectivity index (χ3v) is 6.87. The lowest BCUT2D eigenvalue weighted by atomic mass is 9.60.